The van der Waals surface area contributed by atoms with Crippen LogP contribution in [0.15, 0.2) is 30.3 Å². The van der Waals surface area contributed by atoms with Crippen LogP contribution in [0.2, 0.25) is 0 Å². The first-order valence-corrected chi connectivity index (χ1v) is 11.1. The largest absolute Gasteiger partial charge is 0.419 e. The highest BCUT2D eigenvalue weighted by Crippen LogP contribution is 2.47. The third-order valence-electron chi connectivity index (χ3n) is 7.07. The molecular formula is C25H26F6O. The van der Waals surface area contributed by atoms with Crippen LogP contribution < -0.4 is 0 Å². The second-order valence-corrected chi connectivity index (χ2v) is 8.97. The molecule has 0 aromatic heterocycles. The topological polar surface area (TPSA) is 9.23 Å². The maximum atomic E-state index is 14.9. The zero-order valence-corrected chi connectivity index (χ0v) is 17.8. The lowest BCUT2D eigenvalue weighted by Gasteiger charge is -2.42. The number of rotatable bonds is 4. The molecule has 0 radical (unpaired) electrons. The number of ether oxygens (including phenoxy) is 1. The molecule has 1 nitrogen and oxygen atoms in total. The summed E-state index contributed by atoms with van der Waals surface area (Å²) in [4.78, 5) is 0. The number of fused-ring (bicyclic) bond motifs is 1. The van der Waals surface area contributed by atoms with Gasteiger partial charge in [0.2, 0.25) is 0 Å². The molecule has 0 amide bonds. The van der Waals surface area contributed by atoms with Gasteiger partial charge in [-0.2, -0.15) is 13.2 Å². The lowest BCUT2D eigenvalue weighted by atomic mass is 9.65. The molecule has 0 spiro atoms. The standard InChI is InChI=1S/C25H26F6O/c1-2-32-19-7-5-14-9-15(3-4-16(14)10-19)18-12-22(27)24(23(28)13-18)17-6-8-20(21(26)11-17)25(29,30)31/h6,8,11-16,19H,2-5,7,9-10H2,1H3. The number of benzene rings is 2. The van der Waals surface area contributed by atoms with E-state index in [-0.39, 0.29) is 11.5 Å². The molecule has 0 saturated heterocycles. The van der Waals surface area contributed by atoms with Gasteiger partial charge < -0.3 is 4.74 Å². The molecule has 0 heterocycles. The summed E-state index contributed by atoms with van der Waals surface area (Å²) in [7, 11) is 0. The Kier molecular flexibility index (Phi) is 6.57. The van der Waals surface area contributed by atoms with Gasteiger partial charge in [0.25, 0.3) is 0 Å². The van der Waals surface area contributed by atoms with Crippen molar-refractivity contribution in [2.75, 3.05) is 6.61 Å². The van der Waals surface area contributed by atoms with Crippen molar-refractivity contribution in [2.24, 2.45) is 11.8 Å². The lowest BCUT2D eigenvalue weighted by molar-refractivity contribution is -0.139. The van der Waals surface area contributed by atoms with Crippen LogP contribution in [-0.2, 0) is 10.9 Å². The Hall–Kier alpha value is -2.02. The maximum Gasteiger partial charge on any atom is 0.419 e. The van der Waals surface area contributed by atoms with Crippen LogP contribution in [0.25, 0.3) is 11.1 Å². The summed E-state index contributed by atoms with van der Waals surface area (Å²) in [5.74, 6) is -2.23. The molecular weight excluding hydrogens is 430 g/mol. The minimum atomic E-state index is -4.87. The summed E-state index contributed by atoms with van der Waals surface area (Å²) >= 11 is 0. The van der Waals surface area contributed by atoms with E-state index in [4.69, 9.17) is 4.74 Å². The van der Waals surface area contributed by atoms with Crippen LogP contribution in [0.4, 0.5) is 26.3 Å². The average Bonchev–Trinajstić information content (AvgIpc) is 2.72. The van der Waals surface area contributed by atoms with Crippen LogP contribution in [0.1, 0.15) is 62.5 Å². The molecule has 2 saturated carbocycles. The number of alkyl halides is 3. The molecule has 4 atom stereocenters. The Morgan fingerprint density at radius 2 is 1.50 bits per heavy atom. The van der Waals surface area contributed by atoms with Gasteiger partial charge >= 0.3 is 6.18 Å². The summed E-state index contributed by atoms with van der Waals surface area (Å²) in [5.41, 5.74) is -1.67. The molecule has 32 heavy (non-hydrogen) atoms. The van der Waals surface area contributed by atoms with Crippen molar-refractivity contribution in [3.63, 3.8) is 0 Å². The predicted octanol–water partition coefficient (Wildman–Crippen LogP) is 7.88. The molecule has 174 valence electrons. The molecule has 0 aliphatic heterocycles. The smallest absolute Gasteiger partial charge is 0.378 e. The molecule has 2 aromatic rings. The van der Waals surface area contributed by atoms with E-state index in [1.54, 1.807) is 0 Å². The van der Waals surface area contributed by atoms with Gasteiger partial charge in [-0.15, -0.1) is 0 Å². The average molecular weight is 456 g/mol. The third kappa shape index (κ3) is 4.68. The Bertz CT molecular complexity index is 946. The second kappa shape index (κ2) is 9.08. The van der Waals surface area contributed by atoms with Crippen molar-refractivity contribution in [1.29, 1.82) is 0 Å². The van der Waals surface area contributed by atoms with Crippen molar-refractivity contribution in [2.45, 2.75) is 63.6 Å². The zero-order valence-electron chi connectivity index (χ0n) is 17.8. The first kappa shape index (κ1) is 23.1. The fraction of sp³-hybridized carbons (Fsp3) is 0.520. The highest BCUT2D eigenvalue weighted by molar-refractivity contribution is 5.66. The van der Waals surface area contributed by atoms with E-state index in [1.807, 2.05) is 6.92 Å². The highest BCUT2D eigenvalue weighted by Gasteiger charge is 2.37. The van der Waals surface area contributed by atoms with Crippen molar-refractivity contribution >= 4 is 0 Å². The molecule has 2 aliphatic rings. The molecule has 2 fully saturated rings. The SMILES string of the molecule is CCOC1CCC2CC(c3cc(F)c(-c4ccc(C(F)(F)F)c(F)c4)c(F)c3)CCC2C1. The van der Waals surface area contributed by atoms with Gasteiger partial charge in [0.15, 0.2) is 0 Å². The minimum Gasteiger partial charge on any atom is -0.378 e. The number of halogens is 6. The van der Waals surface area contributed by atoms with Crippen LogP contribution >= 0.6 is 0 Å². The van der Waals surface area contributed by atoms with Crippen LogP contribution in [-0.4, -0.2) is 12.7 Å². The van der Waals surface area contributed by atoms with E-state index in [0.717, 1.165) is 44.6 Å². The summed E-state index contributed by atoms with van der Waals surface area (Å²) in [6.07, 6.45) is 1.17. The Morgan fingerprint density at radius 3 is 2.12 bits per heavy atom. The van der Waals surface area contributed by atoms with E-state index in [2.05, 4.69) is 0 Å². The van der Waals surface area contributed by atoms with Gasteiger partial charge in [-0.25, -0.2) is 13.2 Å². The fourth-order valence-corrected chi connectivity index (χ4v) is 5.54. The van der Waals surface area contributed by atoms with Crippen molar-refractivity contribution in [3.8, 4) is 11.1 Å². The van der Waals surface area contributed by atoms with Gasteiger partial charge in [-0.3, -0.25) is 0 Å². The van der Waals surface area contributed by atoms with E-state index >= 15 is 0 Å². The van der Waals surface area contributed by atoms with Crippen molar-refractivity contribution in [1.82, 2.24) is 0 Å². The van der Waals surface area contributed by atoms with E-state index in [1.165, 1.54) is 12.1 Å². The molecule has 0 bridgehead atoms. The second-order valence-electron chi connectivity index (χ2n) is 8.97. The summed E-state index contributed by atoms with van der Waals surface area (Å²) < 4.78 is 87.8. The maximum absolute atomic E-state index is 14.9. The molecule has 7 heteroatoms. The number of hydrogen-bond acceptors (Lipinski definition) is 1. The van der Waals surface area contributed by atoms with Crippen molar-refractivity contribution < 1.29 is 31.1 Å². The molecule has 4 unspecified atom stereocenters. The van der Waals surface area contributed by atoms with Crippen LogP contribution in [0.3, 0.4) is 0 Å². The minimum absolute atomic E-state index is 0.0299. The molecule has 4 rings (SSSR count). The fourth-order valence-electron chi connectivity index (χ4n) is 5.54. The van der Waals surface area contributed by atoms with Gasteiger partial charge in [0, 0.05) is 6.61 Å². The molecule has 2 aliphatic carbocycles. The predicted molar refractivity (Wildman–Crippen MR) is 110 cm³/mol. The van der Waals surface area contributed by atoms with Crippen LogP contribution in [0, 0.1) is 29.3 Å². The first-order valence-electron chi connectivity index (χ1n) is 11.1. The Labute approximate surface area is 183 Å². The lowest BCUT2D eigenvalue weighted by Crippen LogP contribution is -2.33. The van der Waals surface area contributed by atoms with Gasteiger partial charge in [0.1, 0.15) is 17.5 Å². The van der Waals surface area contributed by atoms with Crippen LogP contribution in [0.5, 0.6) is 0 Å². The Balaban J connectivity index is 1.53. The van der Waals surface area contributed by atoms with E-state index in [9.17, 15) is 26.3 Å². The summed E-state index contributed by atoms with van der Waals surface area (Å²) in [5, 5.41) is 0. The van der Waals surface area contributed by atoms with Crippen molar-refractivity contribution in [3.05, 3.63) is 58.9 Å². The third-order valence-corrected chi connectivity index (χ3v) is 7.07. The quantitative estimate of drug-likeness (QED) is 0.425. The van der Waals surface area contributed by atoms with Gasteiger partial charge in [-0.1, -0.05) is 6.07 Å². The monoisotopic (exact) mass is 456 g/mol. The van der Waals surface area contributed by atoms with Gasteiger partial charge in [-0.05, 0) is 98.6 Å². The summed E-state index contributed by atoms with van der Waals surface area (Å²) in [6.45, 7) is 2.70. The Morgan fingerprint density at radius 1 is 0.844 bits per heavy atom. The highest BCUT2D eigenvalue weighted by atomic mass is 19.4. The first-order chi connectivity index (χ1) is 15.2. The molecule has 0 N–H and O–H groups in total. The molecule has 2 aromatic carbocycles. The van der Waals surface area contributed by atoms with E-state index in [0.29, 0.717) is 42.2 Å². The number of hydrogen-bond donors (Lipinski definition) is 0. The van der Waals surface area contributed by atoms with E-state index < -0.39 is 34.8 Å². The van der Waals surface area contributed by atoms with Gasteiger partial charge in [0.05, 0.1) is 17.2 Å². The zero-order chi connectivity index (χ0) is 23.0. The summed E-state index contributed by atoms with van der Waals surface area (Å²) in [6, 6.07) is 4.45. The normalized spacial score (nSPS) is 26.1.